The zero-order valence-corrected chi connectivity index (χ0v) is 20.9. The van der Waals surface area contributed by atoms with Crippen molar-refractivity contribution < 1.29 is 47.7 Å². The van der Waals surface area contributed by atoms with E-state index in [9.17, 15) is 28.8 Å². The fourth-order valence-corrected chi connectivity index (χ4v) is 5.42. The van der Waals surface area contributed by atoms with Crippen LogP contribution >= 0.6 is 0 Å². The first kappa shape index (κ1) is 26.2. The molecule has 0 aromatic rings. The summed E-state index contributed by atoms with van der Waals surface area (Å²) in [7, 11) is 4.02. The molecule has 0 aliphatic heterocycles. The molecule has 4 aliphatic rings. The Morgan fingerprint density at radius 2 is 0.921 bits per heavy atom. The molecule has 4 rings (SSSR count). The molecule has 0 spiro atoms. The minimum atomic E-state index is -2.82. The third-order valence-corrected chi connectivity index (χ3v) is 6.88. The number of fused-ring (bicyclic) bond motifs is 2. The zero-order valence-electron chi connectivity index (χ0n) is 20.9. The number of esters is 4. The highest BCUT2D eigenvalue weighted by atomic mass is 16.5. The van der Waals surface area contributed by atoms with Crippen molar-refractivity contribution in [1.29, 1.82) is 0 Å². The number of carbonyl (C=O) groups is 6. The van der Waals surface area contributed by atoms with Gasteiger partial charge in [0.1, 0.15) is 11.1 Å². The van der Waals surface area contributed by atoms with E-state index in [1.807, 2.05) is 0 Å². The molecule has 0 saturated carbocycles. The van der Waals surface area contributed by atoms with Gasteiger partial charge in [-0.15, -0.1) is 0 Å². The summed E-state index contributed by atoms with van der Waals surface area (Å²) in [5.74, 6) is -7.30. The number of ketones is 2. The van der Waals surface area contributed by atoms with Gasteiger partial charge in [0.15, 0.2) is 22.4 Å². The Morgan fingerprint density at radius 3 is 1.24 bits per heavy atom. The van der Waals surface area contributed by atoms with Crippen molar-refractivity contribution in [3.05, 3.63) is 94.2 Å². The minimum absolute atomic E-state index is 0.0540. The Labute approximate surface area is 216 Å². The maximum atomic E-state index is 14.5. The Bertz CT molecular complexity index is 1350. The molecule has 0 aromatic heterocycles. The van der Waals surface area contributed by atoms with Crippen molar-refractivity contribution in [2.45, 2.75) is 0 Å². The first-order valence-corrected chi connectivity index (χ1v) is 11.2. The van der Waals surface area contributed by atoms with Gasteiger partial charge < -0.3 is 18.9 Å². The predicted octanol–water partition coefficient (Wildman–Crippen LogP) is 1.51. The molecule has 2 atom stereocenters. The Kier molecular flexibility index (Phi) is 6.58. The van der Waals surface area contributed by atoms with Gasteiger partial charge in [-0.05, 0) is 22.3 Å². The van der Waals surface area contributed by atoms with E-state index in [1.165, 1.54) is 48.6 Å². The lowest BCUT2D eigenvalue weighted by molar-refractivity contribution is -0.175. The maximum Gasteiger partial charge on any atom is 0.342 e. The van der Waals surface area contributed by atoms with Crippen LogP contribution in [-0.2, 0) is 47.7 Å². The fourth-order valence-electron chi connectivity index (χ4n) is 5.42. The molecule has 0 aromatic carbocycles. The van der Waals surface area contributed by atoms with E-state index in [0.717, 1.165) is 28.4 Å². The predicted molar refractivity (Wildman–Crippen MR) is 130 cm³/mol. The number of rotatable bonds is 5. The highest BCUT2D eigenvalue weighted by molar-refractivity contribution is 6.40. The van der Waals surface area contributed by atoms with Gasteiger partial charge in [0.25, 0.3) is 0 Å². The third-order valence-electron chi connectivity index (χ3n) is 6.88. The summed E-state index contributed by atoms with van der Waals surface area (Å²) in [5, 5.41) is 0. The Balaban J connectivity index is 2.25. The van der Waals surface area contributed by atoms with E-state index in [-0.39, 0.29) is 22.3 Å². The van der Waals surface area contributed by atoms with Gasteiger partial charge in [-0.25, -0.2) is 9.59 Å². The molecule has 10 nitrogen and oxygen atoms in total. The monoisotopic (exact) mass is 518 g/mol. The summed E-state index contributed by atoms with van der Waals surface area (Å²) >= 11 is 0. The molecule has 0 N–H and O–H groups in total. The molecule has 0 fully saturated rings. The van der Waals surface area contributed by atoms with Gasteiger partial charge in [-0.3, -0.25) is 19.2 Å². The summed E-state index contributed by atoms with van der Waals surface area (Å²) < 4.78 is 19.9. The van der Waals surface area contributed by atoms with Gasteiger partial charge in [-0.2, -0.15) is 0 Å². The molecule has 0 radical (unpaired) electrons. The van der Waals surface area contributed by atoms with Crippen LogP contribution in [0.25, 0.3) is 0 Å². The molecule has 38 heavy (non-hydrogen) atoms. The molecule has 0 bridgehead atoms. The SMILES string of the molecule is COC(=O)C1=C2C=CC=CC=C2[C@@](C(=O)OC)([C@@]2(C(=O)OC)C(=O)C(C(=O)OC)=C3C=CC=CC=C32)C1=O. The van der Waals surface area contributed by atoms with Gasteiger partial charge in [0.2, 0.25) is 0 Å². The maximum absolute atomic E-state index is 14.5. The van der Waals surface area contributed by atoms with Crippen LogP contribution in [-0.4, -0.2) is 63.9 Å². The van der Waals surface area contributed by atoms with Crippen LogP contribution in [0.4, 0.5) is 0 Å². The van der Waals surface area contributed by atoms with E-state index in [4.69, 9.17) is 18.9 Å². The molecular weight excluding hydrogens is 496 g/mol. The number of hydrogen-bond donors (Lipinski definition) is 0. The molecule has 0 amide bonds. The van der Waals surface area contributed by atoms with E-state index in [2.05, 4.69) is 0 Å². The topological polar surface area (TPSA) is 139 Å². The first-order chi connectivity index (χ1) is 18.2. The van der Waals surface area contributed by atoms with Crippen molar-refractivity contribution >= 4 is 35.4 Å². The lowest BCUT2D eigenvalue weighted by atomic mass is 9.54. The first-order valence-electron chi connectivity index (χ1n) is 11.2. The number of carbonyl (C=O) groups excluding carboxylic acids is 6. The van der Waals surface area contributed by atoms with Crippen LogP contribution in [0.15, 0.2) is 94.2 Å². The van der Waals surface area contributed by atoms with E-state index in [1.54, 1.807) is 12.2 Å². The van der Waals surface area contributed by atoms with Crippen LogP contribution < -0.4 is 0 Å². The number of methoxy groups -OCH3 is 4. The van der Waals surface area contributed by atoms with Gasteiger partial charge in [0.05, 0.1) is 28.4 Å². The van der Waals surface area contributed by atoms with Crippen molar-refractivity contribution in [3.8, 4) is 0 Å². The number of hydrogen-bond acceptors (Lipinski definition) is 10. The molecule has 194 valence electrons. The lowest BCUT2D eigenvalue weighted by Crippen LogP contribution is -2.61. The smallest absolute Gasteiger partial charge is 0.342 e. The Hall–Kier alpha value is -4.86. The summed E-state index contributed by atoms with van der Waals surface area (Å²) in [6.45, 7) is 0. The van der Waals surface area contributed by atoms with Gasteiger partial charge >= 0.3 is 23.9 Å². The lowest BCUT2D eigenvalue weighted by Gasteiger charge is -2.42. The summed E-state index contributed by atoms with van der Waals surface area (Å²) in [5.41, 5.74) is -7.25. The van der Waals surface area contributed by atoms with Crippen molar-refractivity contribution in [3.63, 3.8) is 0 Å². The summed E-state index contributed by atoms with van der Waals surface area (Å²) in [6, 6.07) is 0. The Morgan fingerprint density at radius 1 is 0.553 bits per heavy atom. The van der Waals surface area contributed by atoms with Gasteiger partial charge in [0, 0.05) is 0 Å². The second kappa shape index (κ2) is 9.55. The standard InChI is InChI=1S/C28H22O10/c1-35-23(31)19-15-11-7-5-9-13-17(15)27(21(19)29,25(33)37-3)28(26(34)38-4)18-14-10-6-8-12-16(18)20(22(28)30)24(32)36-2/h5-14H,1-4H3/t27-,28-/m1/s1. The summed E-state index contributed by atoms with van der Waals surface area (Å²) in [4.78, 5) is 82.7. The number of ether oxygens (including phenoxy) is 4. The zero-order chi connectivity index (χ0) is 27.8. The van der Waals surface area contributed by atoms with Crippen LogP contribution in [0.2, 0.25) is 0 Å². The van der Waals surface area contributed by atoms with Crippen molar-refractivity contribution in [2.75, 3.05) is 28.4 Å². The van der Waals surface area contributed by atoms with Crippen LogP contribution in [0.3, 0.4) is 0 Å². The molecule has 4 aliphatic carbocycles. The third kappa shape index (κ3) is 3.06. The molecule has 10 heteroatoms. The average Bonchev–Trinajstić information content (AvgIpc) is 3.13. The quantitative estimate of drug-likeness (QED) is 0.228. The summed E-state index contributed by atoms with van der Waals surface area (Å²) in [6.07, 6.45) is 14.5. The normalized spacial score (nSPS) is 25.3. The van der Waals surface area contributed by atoms with E-state index in [0.29, 0.717) is 0 Å². The largest absolute Gasteiger partial charge is 0.468 e. The van der Waals surface area contributed by atoms with E-state index >= 15 is 0 Å². The molecular formula is C28H22O10. The number of Topliss-reactive ketones (excluding diaryl/α,β-unsaturated/α-hetero) is 2. The molecule has 0 unspecified atom stereocenters. The highest BCUT2D eigenvalue weighted by Gasteiger charge is 2.79. The fraction of sp³-hybridized carbons (Fsp3) is 0.214. The van der Waals surface area contributed by atoms with E-state index < -0.39 is 57.4 Å². The van der Waals surface area contributed by atoms with Gasteiger partial charge in [-0.1, -0.05) is 60.8 Å². The molecule has 0 heterocycles. The molecule has 0 saturated heterocycles. The highest BCUT2D eigenvalue weighted by Crippen LogP contribution is 2.64. The van der Waals surface area contributed by atoms with Crippen LogP contribution in [0.1, 0.15) is 0 Å². The second-order valence-electron chi connectivity index (χ2n) is 8.35. The minimum Gasteiger partial charge on any atom is -0.468 e. The number of allylic oxidation sites excluding steroid dienone is 12. The van der Waals surface area contributed by atoms with Crippen molar-refractivity contribution in [1.82, 2.24) is 0 Å². The average molecular weight is 518 g/mol. The second-order valence-corrected chi connectivity index (χ2v) is 8.35. The van der Waals surface area contributed by atoms with Crippen molar-refractivity contribution in [2.24, 2.45) is 10.8 Å². The van der Waals surface area contributed by atoms with Crippen LogP contribution in [0, 0.1) is 10.8 Å². The van der Waals surface area contributed by atoms with Crippen LogP contribution in [0.5, 0.6) is 0 Å².